The van der Waals surface area contributed by atoms with E-state index in [2.05, 4.69) is 10.2 Å². The van der Waals surface area contributed by atoms with Crippen LogP contribution in [0.4, 0.5) is 4.39 Å². The van der Waals surface area contributed by atoms with Gasteiger partial charge in [-0.25, -0.2) is 4.39 Å². The predicted molar refractivity (Wildman–Crippen MR) is 79.9 cm³/mol. The lowest BCUT2D eigenvalue weighted by Gasteiger charge is -2.28. The number of hydrogen-bond acceptors (Lipinski definition) is 3. The highest BCUT2D eigenvalue weighted by molar-refractivity contribution is 6.27. The second-order valence-corrected chi connectivity index (χ2v) is 5.32. The topological polar surface area (TPSA) is 41.6 Å². The van der Waals surface area contributed by atoms with Crippen LogP contribution in [0.2, 0.25) is 0 Å². The van der Waals surface area contributed by atoms with Crippen LogP contribution in [-0.4, -0.2) is 49.5 Å². The zero-order valence-electron chi connectivity index (χ0n) is 11.9. The fourth-order valence-corrected chi connectivity index (χ4v) is 2.46. The SMILES string of the molecule is O=C(CCl)NC(CCN1CCOCC1)c1ccc(F)cc1. The number of hydrogen-bond donors (Lipinski definition) is 1. The Kier molecular flexibility index (Phi) is 6.42. The molecule has 116 valence electrons. The smallest absolute Gasteiger partial charge is 0.235 e. The Morgan fingerprint density at radius 1 is 1.33 bits per heavy atom. The minimum Gasteiger partial charge on any atom is -0.379 e. The summed E-state index contributed by atoms with van der Waals surface area (Å²) in [6, 6.07) is 6.06. The molecule has 0 radical (unpaired) electrons. The van der Waals surface area contributed by atoms with Crippen molar-refractivity contribution in [1.29, 1.82) is 0 Å². The van der Waals surface area contributed by atoms with Gasteiger partial charge >= 0.3 is 0 Å². The first-order valence-electron chi connectivity index (χ1n) is 7.10. The summed E-state index contributed by atoms with van der Waals surface area (Å²) in [5, 5.41) is 2.89. The zero-order valence-corrected chi connectivity index (χ0v) is 12.6. The van der Waals surface area contributed by atoms with Gasteiger partial charge in [-0.3, -0.25) is 9.69 Å². The van der Waals surface area contributed by atoms with Crippen molar-refractivity contribution >= 4 is 17.5 Å². The van der Waals surface area contributed by atoms with Gasteiger partial charge in [-0.15, -0.1) is 11.6 Å². The number of amides is 1. The van der Waals surface area contributed by atoms with Gasteiger partial charge in [0.15, 0.2) is 0 Å². The normalized spacial score (nSPS) is 17.4. The molecule has 1 amide bonds. The Morgan fingerprint density at radius 2 is 2.00 bits per heavy atom. The third-order valence-electron chi connectivity index (χ3n) is 3.57. The van der Waals surface area contributed by atoms with Gasteiger partial charge in [-0.2, -0.15) is 0 Å². The Balaban J connectivity index is 1.97. The number of halogens is 2. The summed E-state index contributed by atoms with van der Waals surface area (Å²) < 4.78 is 18.3. The maximum absolute atomic E-state index is 13.0. The number of nitrogens with zero attached hydrogens (tertiary/aromatic N) is 1. The van der Waals surface area contributed by atoms with Crippen molar-refractivity contribution in [3.8, 4) is 0 Å². The van der Waals surface area contributed by atoms with E-state index in [0.29, 0.717) is 0 Å². The van der Waals surface area contributed by atoms with Crippen LogP contribution in [0, 0.1) is 5.82 Å². The molecule has 0 aromatic heterocycles. The number of nitrogens with one attached hydrogen (secondary N) is 1. The van der Waals surface area contributed by atoms with Gasteiger partial charge in [0.05, 0.1) is 19.3 Å². The molecule has 1 heterocycles. The fourth-order valence-electron chi connectivity index (χ4n) is 2.39. The molecule has 1 aliphatic rings. The summed E-state index contributed by atoms with van der Waals surface area (Å²) in [5.41, 5.74) is 0.892. The van der Waals surface area contributed by atoms with E-state index in [9.17, 15) is 9.18 Å². The maximum Gasteiger partial charge on any atom is 0.235 e. The van der Waals surface area contributed by atoms with Crippen LogP contribution in [-0.2, 0) is 9.53 Å². The monoisotopic (exact) mass is 314 g/mol. The number of benzene rings is 1. The average molecular weight is 315 g/mol. The van der Waals surface area contributed by atoms with Crippen molar-refractivity contribution in [1.82, 2.24) is 10.2 Å². The van der Waals surface area contributed by atoms with Gasteiger partial charge < -0.3 is 10.1 Å². The molecule has 0 spiro atoms. The van der Waals surface area contributed by atoms with Crippen LogP contribution in [0.3, 0.4) is 0 Å². The van der Waals surface area contributed by atoms with Gasteiger partial charge in [0.25, 0.3) is 0 Å². The molecule has 0 bridgehead atoms. The fraction of sp³-hybridized carbons (Fsp3) is 0.533. The first kappa shape index (κ1) is 16.2. The number of rotatable bonds is 6. The van der Waals surface area contributed by atoms with Crippen LogP contribution in [0.25, 0.3) is 0 Å². The summed E-state index contributed by atoms with van der Waals surface area (Å²) >= 11 is 5.56. The van der Waals surface area contributed by atoms with Gasteiger partial charge in [-0.1, -0.05) is 12.1 Å². The van der Waals surface area contributed by atoms with Crippen LogP contribution >= 0.6 is 11.6 Å². The van der Waals surface area contributed by atoms with E-state index in [1.165, 1.54) is 12.1 Å². The lowest BCUT2D eigenvalue weighted by Crippen LogP contribution is -2.39. The molecule has 1 atom stereocenters. The highest BCUT2D eigenvalue weighted by Crippen LogP contribution is 2.18. The molecule has 1 saturated heterocycles. The molecule has 1 aromatic rings. The van der Waals surface area contributed by atoms with Crippen molar-refractivity contribution in [3.05, 3.63) is 35.6 Å². The molecule has 0 saturated carbocycles. The molecule has 1 aliphatic heterocycles. The summed E-state index contributed by atoms with van der Waals surface area (Å²) in [5.74, 6) is -0.572. The Labute approximate surface area is 129 Å². The van der Waals surface area contributed by atoms with Crippen LogP contribution < -0.4 is 5.32 Å². The Bertz CT molecular complexity index is 449. The van der Waals surface area contributed by atoms with Gasteiger partial charge in [-0.05, 0) is 24.1 Å². The number of ether oxygens (including phenoxy) is 1. The molecule has 1 N–H and O–H groups in total. The Hall–Kier alpha value is -1.17. The molecule has 4 nitrogen and oxygen atoms in total. The van der Waals surface area contributed by atoms with E-state index >= 15 is 0 Å². The van der Waals surface area contributed by atoms with E-state index in [0.717, 1.165) is 44.8 Å². The number of morpholine rings is 1. The minimum absolute atomic E-state index is 0.0742. The third kappa shape index (κ3) is 5.26. The molecule has 21 heavy (non-hydrogen) atoms. The molecule has 1 unspecified atom stereocenters. The zero-order chi connectivity index (χ0) is 15.1. The highest BCUT2D eigenvalue weighted by Gasteiger charge is 2.17. The number of carbonyl (C=O) groups excluding carboxylic acids is 1. The van der Waals surface area contributed by atoms with Gasteiger partial charge in [0.2, 0.25) is 5.91 Å². The van der Waals surface area contributed by atoms with Crippen LogP contribution in [0.1, 0.15) is 18.0 Å². The second-order valence-electron chi connectivity index (χ2n) is 5.05. The van der Waals surface area contributed by atoms with Crippen molar-refractivity contribution in [2.75, 3.05) is 38.7 Å². The lowest BCUT2D eigenvalue weighted by atomic mass is 10.0. The van der Waals surface area contributed by atoms with Crippen LogP contribution in [0.5, 0.6) is 0 Å². The molecule has 1 fully saturated rings. The van der Waals surface area contributed by atoms with Crippen molar-refractivity contribution in [2.24, 2.45) is 0 Å². The van der Waals surface area contributed by atoms with E-state index in [1.54, 1.807) is 12.1 Å². The van der Waals surface area contributed by atoms with Crippen LogP contribution in [0.15, 0.2) is 24.3 Å². The minimum atomic E-state index is -0.283. The largest absolute Gasteiger partial charge is 0.379 e. The van der Waals surface area contributed by atoms with Crippen molar-refractivity contribution < 1.29 is 13.9 Å². The summed E-state index contributed by atoms with van der Waals surface area (Å²) in [6.45, 7) is 4.15. The van der Waals surface area contributed by atoms with E-state index in [-0.39, 0.29) is 23.6 Å². The van der Waals surface area contributed by atoms with E-state index in [4.69, 9.17) is 16.3 Å². The summed E-state index contributed by atoms with van der Waals surface area (Å²) in [4.78, 5) is 13.9. The quantitative estimate of drug-likeness (QED) is 0.816. The first-order valence-corrected chi connectivity index (χ1v) is 7.63. The maximum atomic E-state index is 13.0. The number of carbonyl (C=O) groups is 1. The summed E-state index contributed by atoms with van der Waals surface area (Å²) in [6.07, 6.45) is 0.758. The molecule has 6 heteroatoms. The van der Waals surface area contributed by atoms with E-state index in [1.807, 2.05) is 0 Å². The second kappa shape index (κ2) is 8.32. The number of alkyl halides is 1. The first-order chi connectivity index (χ1) is 10.2. The molecular weight excluding hydrogens is 295 g/mol. The molecule has 0 aliphatic carbocycles. The average Bonchev–Trinajstić information content (AvgIpc) is 2.53. The standard InChI is InChI=1S/C15H20ClFN2O2/c16-11-15(20)18-14(12-1-3-13(17)4-2-12)5-6-19-7-9-21-10-8-19/h1-4,14H,5-11H2,(H,18,20). The summed E-state index contributed by atoms with van der Waals surface area (Å²) in [7, 11) is 0. The van der Waals surface area contributed by atoms with E-state index < -0.39 is 0 Å². The molecule has 2 rings (SSSR count). The Morgan fingerprint density at radius 3 is 2.62 bits per heavy atom. The highest BCUT2D eigenvalue weighted by atomic mass is 35.5. The van der Waals surface area contributed by atoms with Crippen molar-refractivity contribution in [2.45, 2.75) is 12.5 Å². The predicted octanol–water partition coefficient (Wildman–Crippen LogP) is 1.94. The van der Waals surface area contributed by atoms with Gasteiger partial charge in [0.1, 0.15) is 11.7 Å². The van der Waals surface area contributed by atoms with Crippen molar-refractivity contribution in [3.63, 3.8) is 0 Å². The van der Waals surface area contributed by atoms with Gasteiger partial charge in [0, 0.05) is 19.6 Å². The molecule has 1 aromatic carbocycles. The third-order valence-corrected chi connectivity index (χ3v) is 3.81. The molecular formula is C15H20ClFN2O2. The lowest BCUT2D eigenvalue weighted by molar-refractivity contribution is -0.119.